The van der Waals surface area contributed by atoms with E-state index in [0.717, 1.165) is 11.8 Å². The van der Waals surface area contributed by atoms with Crippen molar-refractivity contribution in [2.45, 2.75) is 18.2 Å². The van der Waals surface area contributed by atoms with Crippen molar-refractivity contribution in [1.29, 1.82) is 0 Å². The molecule has 0 nitrogen and oxygen atoms in total. The summed E-state index contributed by atoms with van der Waals surface area (Å²) in [5.41, 5.74) is 0. The summed E-state index contributed by atoms with van der Waals surface area (Å²) in [4.78, 5) is 1.98. The van der Waals surface area contributed by atoms with Crippen LogP contribution in [0, 0.1) is 11.8 Å². The first-order valence-electron chi connectivity index (χ1n) is 4.18. The lowest BCUT2D eigenvalue weighted by molar-refractivity contribution is 0.749. The van der Waals surface area contributed by atoms with Crippen molar-refractivity contribution in [3.8, 4) is 0 Å². The minimum atomic E-state index is 0.551. The summed E-state index contributed by atoms with van der Waals surface area (Å²) in [5, 5.41) is 0. The van der Waals surface area contributed by atoms with E-state index in [2.05, 4.69) is 60.8 Å². The van der Waals surface area contributed by atoms with Gasteiger partial charge in [-0.05, 0) is 56.2 Å². The molecule has 3 unspecified atom stereocenters. The maximum Gasteiger partial charge on any atom is 0.0843 e. The molecule has 0 amide bonds. The van der Waals surface area contributed by atoms with Crippen LogP contribution in [-0.2, 0) is 0 Å². The van der Waals surface area contributed by atoms with Crippen LogP contribution in [0.2, 0.25) is 0 Å². The van der Waals surface area contributed by atoms with E-state index in [0.29, 0.717) is 4.83 Å². The van der Waals surface area contributed by atoms with Crippen LogP contribution in [0.25, 0.3) is 0 Å². The third-order valence-electron chi connectivity index (χ3n) is 2.48. The van der Waals surface area contributed by atoms with Gasteiger partial charge in [-0.15, -0.1) is 11.3 Å². The van der Waals surface area contributed by atoms with E-state index >= 15 is 0 Å². The summed E-state index contributed by atoms with van der Waals surface area (Å²) >= 11 is 12.6. The minimum absolute atomic E-state index is 0.551. The normalized spacial score (nSPS) is 28.9. The van der Waals surface area contributed by atoms with E-state index in [9.17, 15) is 0 Å². The molecule has 13 heavy (non-hydrogen) atoms. The molecule has 1 heterocycles. The molecule has 0 saturated heterocycles. The first-order valence-corrected chi connectivity index (χ1v) is 7.50. The van der Waals surface area contributed by atoms with Crippen LogP contribution in [-0.4, -0.2) is 0 Å². The summed E-state index contributed by atoms with van der Waals surface area (Å²) < 4.78 is 2.37. The summed E-state index contributed by atoms with van der Waals surface area (Å²) in [6, 6.07) is 2.21. The van der Waals surface area contributed by atoms with E-state index in [4.69, 9.17) is 0 Å². The molecule has 2 rings (SSSR count). The Bertz CT molecular complexity index is 301. The molecule has 3 atom stereocenters. The Kier molecular flexibility index (Phi) is 3.24. The summed E-state index contributed by atoms with van der Waals surface area (Å²) in [5.74, 6) is 1.74. The Balaban J connectivity index is 2.16. The van der Waals surface area contributed by atoms with Gasteiger partial charge in [0, 0.05) is 9.35 Å². The number of thiophene rings is 1. The highest BCUT2D eigenvalue weighted by Crippen LogP contribution is 2.53. The topological polar surface area (TPSA) is 0 Å². The maximum absolute atomic E-state index is 3.77. The fraction of sp³-hybridized carbons (Fsp3) is 0.556. The number of alkyl halides is 1. The molecule has 1 aliphatic rings. The van der Waals surface area contributed by atoms with Gasteiger partial charge in [0.05, 0.1) is 8.61 Å². The van der Waals surface area contributed by atoms with E-state index < -0.39 is 0 Å². The van der Waals surface area contributed by atoms with Gasteiger partial charge in [-0.3, -0.25) is 0 Å². The van der Waals surface area contributed by atoms with Gasteiger partial charge in [0.1, 0.15) is 0 Å². The van der Waals surface area contributed by atoms with Crippen LogP contribution in [0.4, 0.5) is 0 Å². The summed E-state index contributed by atoms with van der Waals surface area (Å²) in [6.07, 6.45) is 1.36. The fourth-order valence-corrected chi connectivity index (χ4v) is 4.76. The van der Waals surface area contributed by atoms with Crippen molar-refractivity contribution in [3.05, 3.63) is 19.2 Å². The van der Waals surface area contributed by atoms with Gasteiger partial charge in [0.2, 0.25) is 0 Å². The highest BCUT2D eigenvalue weighted by Gasteiger charge is 2.39. The lowest BCUT2D eigenvalue weighted by Gasteiger charge is -2.04. The second-order valence-corrected chi connectivity index (χ2v) is 7.79. The van der Waals surface area contributed by atoms with Crippen molar-refractivity contribution >= 4 is 59.1 Å². The summed E-state index contributed by atoms with van der Waals surface area (Å²) in [6.45, 7) is 2.32. The molecule has 0 bridgehead atoms. The number of rotatable bonds is 2. The van der Waals surface area contributed by atoms with E-state index in [1.54, 1.807) is 0 Å². The van der Waals surface area contributed by atoms with Crippen molar-refractivity contribution < 1.29 is 0 Å². The molecular weight excluding hydrogens is 380 g/mol. The van der Waals surface area contributed by atoms with Crippen LogP contribution < -0.4 is 0 Å². The molecular formula is C9H9Br3S. The smallest absolute Gasteiger partial charge is 0.0843 e. The van der Waals surface area contributed by atoms with Gasteiger partial charge < -0.3 is 0 Å². The fourth-order valence-electron chi connectivity index (χ4n) is 1.47. The van der Waals surface area contributed by atoms with Gasteiger partial charge in [0.15, 0.2) is 0 Å². The highest BCUT2D eigenvalue weighted by molar-refractivity contribution is 9.13. The highest BCUT2D eigenvalue weighted by atomic mass is 79.9. The Hall–Kier alpha value is 1.14. The molecule has 0 spiro atoms. The maximum atomic E-state index is 3.77. The molecule has 4 heteroatoms. The van der Waals surface area contributed by atoms with Gasteiger partial charge in [-0.25, -0.2) is 0 Å². The predicted molar refractivity (Wildman–Crippen MR) is 68.7 cm³/mol. The number of halogens is 3. The van der Waals surface area contributed by atoms with Gasteiger partial charge >= 0.3 is 0 Å². The SMILES string of the molecule is CC1CC1C(Br)c1cc(Br)c(Br)s1. The van der Waals surface area contributed by atoms with Crippen LogP contribution in [0.1, 0.15) is 23.0 Å². The van der Waals surface area contributed by atoms with Gasteiger partial charge in [0.25, 0.3) is 0 Å². The average molecular weight is 389 g/mol. The zero-order valence-electron chi connectivity index (χ0n) is 7.06. The third kappa shape index (κ3) is 2.21. The van der Waals surface area contributed by atoms with E-state index in [1.165, 1.54) is 19.6 Å². The zero-order valence-corrected chi connectivity index (χ0v) is 12.6. The molecule has 72 valence electrons. The van der Waals surface area contributed by atoms with Crippen LogP contribution >= 0.6 is 59.1 Å². The Morgan fingerprint density at radius 2 is 2.15 bits per heavy atom. The molecule has 1 saturated carbocycles. The Morgan fingerprint density at radius 3 is 2.54 bits per heavy atom. The average Bonchev–Trinajstić information content (AvgIpc) is 2.70. The lowest BCUT2D eigenvalue weighted by atomic mass is 10.2. The number of hydrogen-bond donors (Lipinski definition) is 0. The van der Waals surface area contributed by atoms with Crippen molar-refractivity contribution in [2.24, 2.45) is 11.8 Å². The molecule has 1 aliphatic carbocycles. The zero-order chi connectivity index (χ0) is 9.59. The monoisotopic (exact) mass is 386 g/mol. The van der Waals surface area contributed by atoms with Crippen LogP contribution in [0.3, 0.4) is 0 Å². The molecule has 0 radical (unpaired) electrons. The first kappa shape index (κ1) is 10.7. The van der Waals surface area contributed by atoms with Crippen LogP contribution in [0.15, 0.2) is 14.3 Å². The van der Waals surface area contributed by atoms with Crippen molar-refractivity contribution in [3.63, 3.8) is 0 Å². The second-order valence-electron chi connectivity index (χ2n) is 3.55. The third-order valence-corrected chi connectivity index (χ3v) is 7.30. The van der Waals surface area contributed by atoms with E-state index in [1.807, 2.05) is 11.3 Å². The van der Waals surface area contributed by atoms with E-state index in [-0.39, 0.29) is 0 Å². The van der Waals surface area contributed by atoms with Crippen molar-refractivity contribution in [2.75, 3.05) is 0 Å². The standard InChI is InChI=1S/C9H9Br3S/c1-4-2-5(4)8(11)7-3-6(10)9(12)13-7/h3-5,8H,2H2,1H3. The Morgan fingerprint density at radius 1 is 1.54 bits per heavy atom. The predicted octanol–water partition coefficient (Wildman–Crippen LogP) is 5.37. The molecule has 1 aromatic rings. The molecule has 1 fully saturated rings. The largest absolute Gasteiger partial charge is 0.131 e. The number of hydrogen-bond acceptors (Lipinski definition) is 1. The second kappa shape index (κ2) is 3.95. The van der Waals surface area contributed by atoms with Gasteiger partial charge in [-0.2, -0.15) is 0 Å². The molecule has 1 aromatic heterocycles. The van der Waals surface area contributed by atoms with Crippen LogP contribution in [0.5, 0.6) is 0 Å². The van der Waals surface area contributed by atoms with Gasteiger partial charge in [-0.1, -0.05) is 22.9 Å². The molecule has 0 aromatic carbocycles. The Labute approximate surface area is 107 Å². The molecule has 0 N–H and O–H groups in total. The lowest BCUT2D eigenvalue weighted by Crippen LogP contribution is -1.89. The first-order chi connectivity index (χ1) is 6.09. The quantitative estimate of drug-likeness (QED) is 0.598. The minimum Gasteiger partial charge on any atom is -0.131 e. The molecule has 0 aliphatic heterocycles. The summed E-state index contributed by atoms with van der Waals surface area (Å²) in [7, 11) is 0. The van der Waals surface area contributed by atoms with Crippen molar-refractivity contribution in [1.82, 2.24) is 0 Å².